The van der Waals surface area contributed by atoms with Crippen LogP contribution in [0.2, 0.25) is 0 Å². The minimum Gasteiger partial charge on any atom is -0.0883 e. The summed E-state index contributed by atoms with van der Waals surface area (Å²) in [5.41, 5.74) is 0. The molecule has 0 amide bonds. The first-order chi connectivity index (χ1) is 9.38. The summed E-state index contributed by atoms with van der Waals surface area (Å²) in [5.74, 6) is 3.08. The van der Waals surface area contributed by atoms with E-state index in [1.807, 2.05) is 0 Å². The highest BCUT2D eigenvalue weighted by Crippen LogP contribution is 2.35. The second kappa shape index (κ2) is 8.82. The van der Waals surface area contributed by atoms with Crippen LogP contribution in [0.1, 0.15) is 90.4 Å². The maximum atomic E-state index is 2.51. The Morgan fingerprint density at radius 2 is 1.42 bits per heavy atom. The van der Waals surface area contributed by atoms with Crippen molar-refractivity contribution >= 4 is 0 Å². The van der Waals surface area contributed by atoms with Gasteiger partial charge >= 0.3 is 0 Å². The summed E-state index contributed by atoms with van der Waals surface area (Å²) in [7, 11) is 0. The molecule has 0 nitrogen and oxygen atoms in total. The van der Waals surface area contributed by atoms with Gasteiger partial charge in [-0.05, 0) is 49.9 Å². The maximum absolute atomic E-state index is 2.51. The molecule has 0 aromatic carbocycles. The molecule has 0 N–H and O–H groups in total. The fourth-order valence-electron chi connectivity index (χ4n) is 4.07. The molecular formula is C19H34. The highest BCUT2D eigenvalue weighted by atomic mass is 14.3. The molecule has 0 heterocycles. The number of unbranched alkanes of at least 4 members (excludes halogenated alkanes) is 1. The quantitative estimate of drug-likeness (QED) is 0.479. The zero-order chi connectivity index (χ0) is 13.3. The van der Waals surface area contributed by atoms with E-state index in [0.717, 1.165) is 17.8 Å². The van der Waals surface area contributed by atoms with E-state index in [2.05, 4.69) is 19.1 Å². The molecular weight excluding hydrogens is 228 g/mol. The normalized spacial score (nSPS) is 29.9. The zero-order valence-corrected chi connectivity index (χ0v) is 13.1. The van der Waals surface area contributed by atoms with Gasteiger partial charge in [-0.3, -0.25) is 0 Å². The number of rotatable bonds is 6. The molecule has 2 saturated carbocycles. The van der Waals surface area contributed by atoms with E-state index < -0.39 is 0 Å². The Bertz CT molecular complexity index is 239. The Morgan fingerprint density at radius 1 is 0.789 bits per heavy atom. The Kier molecular flexibility index (Phi) is 7.03. The molecule has 2 rings (SSSR count). The molecule has 0 atom stereocenters. The van der Waals surface area contributed by atoms with Gasteiger partial charge in [-0.2, -0.15) is 0 Å². The van der Waals surface area contributed by atoms with Gasteiger partial charge in [0.1, 0.15) is 0 Å². The maximum Gasteiger partial charge on any atom is -0.0233 e. The Hall–Kier alpha value is -0.260. The van der Waals surface area contributed by atoms with Gasteiger partial charge in [0.25, 0.3) is 0 Å². The lowest BCUT2D eigenvalue weighted by molar-refractivity contribution is 0.254. The summed E-state index contributed by atoms with van der Waals surface area (Å²) in [6.45, 7) is 2.27. The summed E-state index contributed by atoms with van der Waals surface area (Å²) in [4.78, 5) is 0. The first kappa shape index (κ1) is 15.1. The lowest BCUT2D eigenvalue weighted by Crippen LogP contribution is -2.15. The van der Waals surface area contributed by atoms with E-state index in [0.29, 0.717) is 0 Å². The summed E-state index contributed by atoms with van der Waals surface area (Å²) < 4.78 is 0. The Morgan fingerprint density at radius 3 is 2.05 bits per heavy atom. The molecule has 0 bridgehead atoms. The van der Waals surface area contributed by atoms with E-state index in [-0.39, 0.29) is 0 Å². The van der Waals surface area contributed by atoms with Gasteiger partial charge in [0, 0.05) is 0 Å². The van der Waals surface area contributed by atoms with Crippen LogP contribution >= 0.6 is 0 Å². The lowest BCUT2D eigenvalue weighted by atomic mass is 9.77. The van der Waals surface area contributed by atoms with Crippen LogP contribution in [0.3, 0.4) is 0 Å². The van der Waals surface area contributed by atoms with Crippen molar-refractivity contribution in [3.8, 4) is 0 Å². The monoisotopic (exact) mass is 262 g/mol. The van der Waals surface area contributed by atoms with Crippen molar-refractivity contribution < 1.29 is 0 Å². The Labute approximate surface area is 121 Å². The van der Waals surface area contributed by atoms with Gasteiger partial charge in [-0.1, -0.05) is 70.4 Å². The van der Waals surface area contributed by atoms with Crippen LogP contribution in [0.25, 0.3) is 0 Å². The number of hydrogen-bond donors (Lipinski definition) is 0. The first-order valence-electron chi connectivity index (χ1n) is 9.05. The number of allylic oxidation sites excluding steroid dienone is 2. The van der Waals surface area contributed by atoms with Crippen LogP contribution in [0.15, 0.2) is 12.2 Å². The van der Waals surface area contributed by atoms with Gasteiger partial charge in [0.2, 0.25) is 0 Å². The van der Waals surface area contributed by atoms with Crippen LogP contribution in [0.4, 0.5) is 0 Å². The molecule has 0 unspecified atom stereocenters. The third-order valence-corrected chi connectivity index (χ3v) is 5.46. The SMILES string of the molecule is CCC/C=C/C1CCC(CCC2CCCCC2)CC1. The first-order valence-corrected chi connectivity index (χ1v) is 9.05. The predicted octanol–water partition coefficient (Wildman–Crippen LogP) is 6.51. The molecule has 0 spiro atoms. The van der Waals surface area contributed by atoms with Gasteiger partial charge in [-0.25, -0.2) is 0 Å². The van der Waals surface area contributed by atoms with Crippen molar-refractivity contribution in [3.63, 3.8) is 0 Å². The van der Waals surface area contributed by atoms with Gasteiger partial charge in [0.15, 0.2) is 0 Å². The Balaban J connectivity index is 1.57. The summed E-state index contributed by atoms with van der Waals surface area (Å²) >= 11 is 0. The van der Waals surface area contributed by atoms with Crippen molar-refractivity contribution in [2.75, 3.05) is 0 Å². The molecule has 0 aromatic rings. The van der Waals surface area contributed by atoms with Crippen LogP contribution in [-0.4, -0.2) is 0 Å². The molecule has 0 radical (unpaired) electrons. The van der Waals surface area contributed by atoms with E-state index in [1.54, 1.807) is 6.42 Å². The molecule has 2 aliphatic rings. The average Bonchev–Trinajstić information content (AvgIpc) is 2.48. The minimum absolute atomic E-state index is 0.914. The fourth-order valence-corrected chi connectivity index (χ4v) is 4.07. The van der Waals surface area contributed by atoms with Crippen molar-refractivity contribution in [1.82, 2.24) is 0 Å². The fraction of sp³-hybridized carbons (Fsp3) is 0.895. The van der Waals surface area contributed by atoms with Crippen molar-refractivity contribution in [2.24, 2.45) is 17.8 Å². The molecule has 0 heteroatoms. The van der Waals surface area contributed by atoms with Crippen LogP contribution in [-0.2, 0) is 0 Å². The minimum atomic E-state index is 0.914. The zero-order valence-electron chi connectivity index (χ0n) is 13.1. The van der Waals surface area contributed by atoms with Gasteiger partial charge in [0.05, 0.1) is 0 Å². The largest absolute Gasteiger partial charge is 0.0883 e. The van der Waals surface area contributed by atoms with Gasteiger partial charge < -0.3 is 0 Å². The third kappa shape index (κ3) is 5.71. The molecule has 2 fully saturated rings. The molecule has 110 valence electrons. The lowest BCUT2D eigenvalue weighted by Gasteiger charge is -2.29. The third-order valence-electron chi connectivity index (χ3n) is 5.46. The van der Waals surface area contributed by atoms with Crippen LogP contribution in [0.5, 0.6) is 0 Å². The van der Waals surface area contributed by atoms with Crippen molar-refractivity contribution in [3.05, 3.63) is 12.2 Å². The van der Waals surface area contributed by atoms with Crippen LogP contribution in [0, 0.1) is 17.8 Å². The predicted molar refractivity (Wildman–Crippen MR) is 85.3 cm³/mol. The molecule has 0 saturated heterocycles. The second-order valence-electron chi connectivity index (χ2n) is 7.08. The van der Waals surface area contributed by atoms with Gasteiger partial charge in [-0.15, -0.1) is 0 Å². The molecule has 0 aromatic heterocycles. The average molecular weight is 262 g/mol. The number of hydrogen-bond acceptors (Lipinski definition) is 0. The van der Waals surface area contributed by atoms with E-state index >= 15 is 0 Å². The second-order valence-corrected chi connectivity index (χ2v) is 7.08. The van der Waals surface area contributed by atoms with E-state index in [4.69, 9.17) is 0 Å². The molecule has 0 aliphatic heterocycles. The standard InChI is InChI=1S/C19H34/c1-2-3-5-8-18-12-15-19(16-13-18)14-11-17-9-6-4-7-10-17/h5,8,17-19H,2-4,6-7,9-16H2,1H3/b8-5+. The van der Waals surface area contributed by atoms with Crippen LogP contribution < -0.4 is 0 Å². The van der Waals surface area contributed by atoms with E-state index in [1.165, 1.54) is 77.0 Å². The van der Waals surface area contributed by atoms with E-state index in [9.17, 15) is 0 Å². The summed E-state index contributed by atoms with van der Waals surface area (Å²) in [6.07, 6.45) is 24.2. The highest BCUT2D eigenvalue weighted by molar-refractivity contribution is 4.90. The van der Waals surface area contributed by atoms with Crippen molar-refractivity contribution in [1.29, 1.82) is 0 Å². The topological polar surface area (TPSA) is 0 Å². The smallest absolute Gasteiger partial charge is 0.0233 e. The summed E-state index contributed by atoms with van der Waals surface area (Å²) in [5, 5.41) is 0. The highest BCUT2D eigenvalue weighted by Gasteiger charge is 2.21. The van der Waals surface area contributed by atoms with Crippen molar-refractivity contribution in [2.45, 2.75) is 90.4 Å². The molecule has 2 aliphatic carbocycles. The molecule has 19 heavy (non-hydrogen) atoms. The summed E-state index contributed by atoms with van der Waals surface area (Å²) in [6, 6.07) is 0.